The maximum atomic E-state index is 11.5. The summed E-state index contributed by atoms with van der Waals surface area (Å²) in [5.74, 6) is 1.18. The van der Waals surface area contributed by atoms with Gasteiger partial charge in [-0.2, -0.15) is 0 Å². The molecule has 6 nitrogen and oxygen atoms in total. The van der Waals surface area contributed by atoms with Gasteiger partial charge in [-0.25, -0.2) is 9.97 Å². The molecule has 3 heterocycles. The molecular formula is C14H17N5O. The number of piperidine rings is 1. The Balaban J connectivity index is 1.76. The fourth-order valence-corrected chi connectivity index (χ4v) is 2.57. The fraction of sp³-hybridized carbons (Fsp3) is 0.429. The third-order valence-corrected chi connectivity index (χ3v) is 3.71. The third-order valence-electron chi connectivity index (χ3n) is 3.71. The summed E-state index contributed by atoms with van der Waals surface area (Å²) in [5, 5.41) is 0. The molecule has 1 aliphatic rings. The summed E-state index contributed by atoms with van der Waals surface area (Å²) in [6, 6.07) is 0. The number of nitrogens with zero attached hydrogens (tertiary/aromatic N) is 5. The van der Waals surface area contributed by atoms with Crippen molar-refractivity contribution in [2.75, 3.05) is 13.1 Å². The van der Waals surface area contributed by atoms with E-state index < -0.39 is 0 Å². The van der Waals surface area contributed by atoms with Crippen LogP contribution in [-0.4, -0.2) is 43.4 Å². The van der Waals surface area contributed by atoms with Crippen LogP contribution in [0.2, 0.25) is 0 Å². The van der Waals surface area contributed by atoms with Gasteiger partial charge in [-0.05, 0) is 12.8 Å². The fourth-order valence-electron chi connectivity index (χ4n) is 2.57. The van der Waals surface area contributed by atoms with E-state index in [9.17, 15) is 4.79 Å². The van der Waals surface area contributed by atoms with Gasteiger partial charge in [0.25, 0.3) is 0 Å². The van der Waals surface area contributed by atoms with E-state index in [-0.39, 0.29) is 11.8 Å². The summed E-state index contributed by atoms with van der Waals surface area (Å²) in [4.78, 5) is 26.3. The minimum Gasteiger partial charge on any atom is -0.342 e. The van der Waals surface area contributed by atoms with Crippen LogP contribution in [0.25, 0.3) is 5.82 Å². The van der Waals surface area contributed by atoms with Crippen LogP contribution >= 0.6 is 0 Å². The van der Waals surface area contributed by atoms with Gasteiger partial charge in [-0.1, -0.05) is 0 Å². The summed E-state index contributed by atoms with van der Waals surface area (Å²) in [5.41, 5.74) is 0.958. The average Bonchev–Trinajstić information content (AvgIpc) is 3.02. The molecule has 0 bridgehead atoms. The van der Waals surface area contributed by atoms with Crippen LogP contribution in [-0.2, 0) is 4.79 Å². The molecule has 1 aliphatic heterocycles. The largest absolute Gasteiger partial charge is 0.342 e. The zero-order valence-corrected chi connectivity index (χ0v) is 11.4. The second-order valence-corrected chi connectivity index (χ2v) is 5.07. The van der Waals surface area contributed by atoms with Crippen molar-refractivity contribution < 1.29 is 4.79 Å². The van der Waals surface area contributed by atoms with Crippen molar-refractivity contribution in [2.45, 2.75) is 25.7 Å². The molecule has 2 aromatic rings. The van der Waals surface area contributed by atoms with Gasteiger partial charge >= 0.3 is 0 Å². The van der Waals surface area contributed by atoms with Crippen molar-refractivity contribution in [2.24, 2.45) is 0 Å². The molecule has 6 heteroatoms. The van der Waals surface area contributed by atoms with E-state index in [1.54, 1.807) is 25.6 Å². The molecule has 20 heavy (non-hydrogen) atoms. The number of amides is 1. The van der Waals surface area contributed by atoms with E-state index in [0.29, 0.717) is 0 Å². The van der Waals surface area contributed by atoms with E-state index >= 15 is 0 Å². The molecule has 104 valence electrons. The molecule has 0 radical (unpaired) electrons. The molecule has 0 spiro atoms. The Morgan fingerprint density at radius 1 is 1.35 bits per heavy atom. The average molecular weight is 271 g/mol. The Kier molecular flexibility index (Phi) is 3.45. The third kappa shape index (κ3) is 2.54. The highest BCUT2D eigenvalue weighted by molar-refractivity contribution is 5.73. The van der Waals surface area contributed by atoms with Gasteiger partial charge < -0.3 is 4.90 Å². The lowest BCUT2D eigenvalue weighted by Crippen LogP contribution is -2.37. The maximum Gasteiger partial charge on any atom is 0.219 e. The van der Waals surface area contributed by atoms with Crippen LogP contribution in [0.4, 0.5) is 0 Å². The highest BCUT2D eigenvalue weighted by Gasteiger charge is 2.23. The number of hydrogen-bond acceptors (Lipinski definition) is 4. The second-order valence-electron chi connectivity index (χ2n) is 5.07. The zero-order chi connectivity index (χ0) is 13.9. The molecule has 1 unspecified atom stereocenters. The highest BCUT2D eigenvalue weighted by Crippen LogP contribution is 2.25. The minimum atomic E-state index is 0.137. The first-order valence-corrected chi connectivity index (χ1v) is 6.80. The van der Waals surface area contributed by atoms with Crippen LogP contribution in [0.15, 0.2) is 31.1 Å². The van der Waals surface area contributed by atoms with Gasteiger partial charge in [0.05, 0.1) is 18.1 Å². The maximum absolute atomic E-state index is 11.5. The molecule has 0 saturated carbocycles. The van der Waals surface area contributed by atoms with E-state index in [1.165, 1.54) is 0 Å². The molecule has 1 atom stereocenters. The van der Waals surface area contributed by atoms with Crippen LogP contribution in [0.1, 0.15) is 31.4 Å². The standard InChI is InChI=1S/C14H17N5O/c1-11(20)18-5-2-3-12(9-18)13-7-17-14(8-16-13)19-6-4-15-10-19/h4,6-8,10,12H,2-3,5,9H2,1H3. The Hall–Kier alpha value is -2.24. The quantitative estimate of drug-likeness (QED) is 0.828. The van der Waals surface area contributed by atoms with Gasteiger partial charge in [0.15, 0.2) is 5.82 Å². The first kappa shape index (κ1) is 12.8. The number of rotatable bonds is 2. The van der Waals surface area contributed by atoms with Crippen molar-refractivity contribution >= 4 is 5.91 Å². The molecule has 1 amide bonds. The number of likely N-dealkylation sites (tertiary alicyclic amines) is 1. The second kappa shape index (κ2) is 5.40. The van der Waals surface area contributed by atoms with Crippen LogP contribution in [0.3, 0.4) is 0 Å². The summed E-state index contributed by atoms with van der Waals surface area (Å²) < 4.78 is 1.82. The van der Waals surface area contributed by atoms with E-state index in [4.69, 9.17) is 0 Å². The summed E-state index contributed by atoms with van der Waals surface area (Å²) in [6.45, 7) is 3.22. The van der Waals surface area contributed by atoms with Crippen molar-refractivity contribution in [3.05, 3.63) is 36.8 Å². The van der Waals surface area contributed by atoms with Gasteiger partial charge in [0.1, 0.15) is 6.33 Å². The molecule has 0 aromatic carbocycles. The number of aromatic nitrogens is 4. The molecule has 3 rings (SSSR count). The first-order valence-electron chi connectivity index (χ1n) is 6.80. The normalized spacial score (nSPS) is 19.1. The SMILES string of the molecule is CC(=O)N1CCCC(c2cnc(-n3ccnc3)cn2)C1. The van der Waals surface area contributed by atoms with Gasteiger partial charge in [0, 0.05) is 38.3 Å². The monoisotopic (exact) mass is 271 g/mol. The molecule has 1 saturated heterocycles. The predicted molar refractivity (Wildman–Crippen MR) is 73.4 cm³/mol. The lowest BCUT2D eigenvalue weighted by molar-refractivity contribution is -0.130. The molecule has 2 aromatic heterocycles. The van der Waals surface area contributed by atoms with Crippen LogP contribution < -0.4 is 0 Å². The highest BCUT2D eigenvalue weighted by atomic mass is 16.2. The van der Waals surface area contributed by atoms with E-state index in [2.05, 4.69) is 15.0 Å². The Bertz CT molecular complexity index is 578. The van der Waals surface area contributed by atoms with Crippen molar-refractivity contribution in [3.8, 4) is 5.82 Å². The summed E-state index contributed by atoms with van der Waals surface area (Å²) in [6.07, 6.45) is 10.9. The molecule has 0 N–H and O–H groups in total. The molecule has 1 fully saturated rings. The predicted octanol–water partition coefficient (Wildman–Crippen LogP) is 1.39. The number of imidazole rings is 1. The van der Waals surface area contributed by atoms with Gasteiger partial charge in [-0.15, -0.1) is 0 Å². The Morgan fingerprint density at radius 2 is 2.25 bits per heavy atom. The topological polar surface area (TPSA) is 63.9 Å². The number of carbonyl (C=O) groups excluding carboxylic acids is 1. The first-order chi connectivity index (χ1) is 9.74. The molecular weight excluding hydrogens is 254 g/mol. The number of carbonyl (C=O) groups is 1. The lowest BCUT2D eigenvalue weighted by Gasteiger charge is -2.31. The number of hydrogen-bond donors (Lipinski definition) is 0. The van der Waals surface area contributed by atoms with Crippen molar-refractivity contribution in [1.82, 2.24) is 24.4 Å². The lowest BCUT2D eigenvalue weighted by atomic mass is 9.95. The Morgan fingerprint density at radius 3 is 2.90 bits per heavy atom. The van der Waals surface area contributed by atoms with Crippen LogP contribution in [0, 0.1) is 0 Å². The van der Waals surface area contributed by atoms with Crippen LogP contribution in [0.5, 0.6) is 0 Å². The van der Waals surface area contributed by atoms with E-state index in [1.807, 2.05) is 21.9 Å². The summed E-state index contributed by atoms with van der Waals surface area (Å²) >= 11 is 0. The van der Waals surface area contributed by atoms with Crippen molar-refractivity contribution in [3.63, 3.8) is 0 Å². The van der Waals surface area contributed by atoms with Gasteiger partial charge in [0.2, 0.25) is 5.91 Å². The van der Waals surface area contributed by atoms with Crippen molar-refractivity contribution in [1.29, 1.82) is 0 Å². The van der Waals surface area contributed by atoms with Gasteiger partial charge in [-0.3, -0.25) is 14.3 Å². The smallest absolute Gasteiger partial charge is 0.219 e. The molecule has 0 aliphatic carbocycles. The Labute approximate surface area is 117 Å². The zero-order valence-electron chi connectivity index (χ0n) is 11.4. The van der Waals surface area contributed by atoms with E-state index in [0.717, 1.165) is 37.4 Å². The summed E-state index contributed by atoms with van der Waals surface area (Å²) in [7, 11) is 0. The minimum absolute atomic E-state index is 0.137.